The predicted octanol–water partition coefficient (Wildman–Crippen LogP) is 2.83. The van der Waals surface area contributed by atoms with Gasteiger partial charge in [-0.25, -0.2) is 4.39 Å². The molecule has 0 spiro atoms. The van der Waals surface area contributed by atoms with Crippen LogP contribution in [0.5, 0.6) is 5.75 Å². The third kappa shape index (κ3) is 2.66. The first-order chi connectivity index (χ1) is 7.55. The minimum atomic E-state index is -0.624. The van der Waals surface area contributed by atoms with Crippen LogP contribution < -0.4 is 4.74 Å². The van der Waals surface area contributed by atoms with Crippen LogP contribution in [-0.2, 0) is 9.47 Å². The van der Waals surface area contributed by atoms with Crippen LogP contribution in [0.1, 0.15) is 13.8 Å². The molecule has 1 aliphatic heterocycles. The maximum absolute atomic E-state index is 12.6. The molecule has 16 heavy (non-hydrogen) atoms. The molecule has 0 radical (unpaired) electrons. The first-order valence-corrected chi connectivity index (χ1v) is 4.99. The summed E-state index contributed by atoms with van der Waals surface area (Å²) in [5.74, 6) is 0.305. The summed E-state index contributed by atoms with van der Waals surface area (Å²) in [6.45, 7) is 3.90. The second-order valence-electron chi connectivity index (χ2n) is 3.95. The fraction of sp³-hybridized carbons (Fsp3) is 0.333. The second kappa shape index (κ2) is 4.04. The topological polar surface area (TPSA) is 27.7 Å². The SMILES string of the molecule is CC1(C)OC=C(COc2ccc(F)cc2)O1. The Morgan fingerprint density at radius 1 is 1.25 bits per heavy atom. The van der Waals surface area contributed by atoms with E-state index >= 15 is 0 Å². The molecule has 0 N–H and O–H groups in total. The van der Waals surface area contributed by atoms with E-state index in [9.17, 15) is 4.39 Å². The highest BCUT2D eigenvalue weighted by atomic mass is 19.1. The monoisotopic (exact) mass is 224 g/mol. The molecule has 2 rings (SSSR count). The van der Waals surface area contributed by atoms with Crippen LogP contribution >= 0.6 is 0 Å². The molecule has 0 saturated carbocycles. The highest BCUT2D eigenvalue weighted by Gasteiger charge is 2.27. The van der Waals surface area contributed by atoms with Crippen molar-refractivity contribution in [3.63, 3.8) is 0 Å². The Morgan fingerprint density at radius 3 is 2.50 bits per heavy atom. The van der Waals surface area contributed by atoms with Gasteiger partial charge >= 0.3 is 0 Å². The van der Waals surface area contributed by atoms with Crippen molar-refractivity contribution in [1.82, 2.24) is 0 Å². The molecule has 0 aliphatic carbocycles. The van der Waals surface area contributed by atoms with Crippen molar-refractivity contribution in [3.8, 4) is 5.75 Å². The molecule has 0 atom stereocenters. The maximum Gasteiger partial charge on any atom is 0.244 e. The van der Waals surface area contributed by atoms with E-state index in [4.69, 9.17) is 14.2 Å². The van der Waals surface area contributed by atoms with Gasteiger partial charge < -0.3 is 14.2 Å². The highest BCUT2D eigenvalue weighted by Crippen LogP contribution is 2.24. The molecule has 1 aromatic rings. The Morgan fingerprint density at radius 2 is 1.94 bits per heavy atom. The minimum Gasteiger partial charge on any atom is -0.486 e. The molecule has 0 aromatic heterocycles. The van der Waals surface area contributed by atoms with Crippen molar-refractivity contribution in [2.75, 3.05) is 6.61 Å². The van der Waals surface area contributed by atoms with E-state index in [1.54, 1.807) is 12.1 Å². The summed E-state index contributed by atoms with van der Waals surface area (Å²) in [6.07, 6.45) is 1.53. The van der Waals surface area contributed by atoms with E-state index in [0.29, 0.717) is 11.5 Å². The zero-order chi connectivity index (χ0) is 11.6. The number of rotatable bonds is 3. The number of hydrogen-bond acceptors (Lipinski definition) is 3. The first kappa shape index (κ1) is 10.8. The molecule has 0 bridgehead atoms. The van der Waals surface area contributed by atoms with Crippen LogP contribution in [0.3, 0.4) is 0 Å². The van der Waals surface area contributed by atoms with Crippen molar-refractivity contribution >= 4 is 0 Å². The molecule has 1 aliphatic rings. The fourth-order valence-electron chi connectivity index (χ4n) is 1.32. The zero-order valence-electron chi connectivity index (χ0n) is 9.20. The van der Waals surface area contributed by atoms with Gasteiger partial charge in [0.25, 0.3) is 0 Å². The van der Waals surface area contributed by atoms with Gasteiger partial charge in [-0.05, 0) is 24.3 Å². The highest BCUT2D eigenvalue weighted by molar-refractivity contribution is 5.22. The fourth-order valence-corrected chi connectivity index (χ4v) is 1.32. The van der Waals surface area contributed by atoms with Crippen LogP contribution in [0.2, 0.25) is 0 Å². The zero-order valence-corrected chi connectivity index (χ0v) is 9.20. The van der Waals surface area contributed by atoms with Gasteiger partial charge in [0.2, 0.25) is 5.79 Å². The maximum atomic E-state index is 12.6. The normalized spacial score (nSPS) is 17.3. The molecule has 0 unspecified atom stereocenters. The van der Waals surface area contributed by atoms with Crippen LogP contribution in [-0.4, -0.2) is 12.4 Å². The average Bonchev–Trinajstić information content (AvgIpc) is 2.58. The van der Waals surface area contributed by atoms with Crippen LogP contribution in [0.4, 0.5) is 4.39 Å². The smallest absolute Gasteiger partial charge is 0.244 e. The lowest BCUT2D eigenvalue weighted by Crippen LogP contribution is -2.21. The van der Waals surface area contributed by atoms with Gasteiger partial charge in [0, 0.05) is 13.8 Å². The average molecular weight is 224 g/mol. The van der Waals surface area contributed by atoms with Crippen LogP contribution in [0, 0.1) is 5.82 Å². The van der Waals surface area contributed by atoms with Gasteiger partial charge in [-0.2, -0.15) is 0 Å². The Balaban J connectivity index is 1.87. The van der Waals surface area contributed by atoms with E-state index in [0.717, 1.165) is 0 Å². The van der Waals surface area contributed by atoms with E-state index in [2.05, 4.69) is 0 Å². The minimum absolute atomic E-state index is 0.273. The van der Waals surface area contributed by atoms with E-state index < -0.39 is 5.79 Å². The summed E-state index contributed by atoms with van der Waals surface area (Å²) in [6, 6.07) is 5.83. The van der Waals surface area contributed by atoms with Crippen molar-refractivity contribution < 1.29 is 18.6 Å². The van der Waals surface area contributed by atoms with Gasteiger partial charge in [-0.1, -0.05) is 0 Å². The molecule has 0 saturated heterocycles. The Kier molecular flexibility index (Phi) is 2.73. The van der Waals surface area contributed by atoms with E-state index in [1.165, 1.54) is 18.4 Å². The lowest BCUT2D eigenvalue weighted by molar-refractivity contribution is -0.119. The van der Waals surface area contributed by atoms with Gasteiger partial charge in [-0.3, -0.25) is 0 Å². The Labute approximate surface area is 93.4 Å². The molecular formula is C12H13FO3. The molecular weight excluding hydrogens is 211 g/mol. The van der Waals surface area contributed by atoms with Gasteiger partial charge in [0.05, 0.1) is 0 Å². The molecule has 1 aromatic carbocycles. The lowest BCUT2D eigenvalue weighted by atomic mass is 10.3. The number of benzene rings is 1. The number of halogens is 1. The molecule has 3 nitrogen and oxygen atoms in total. The third-order valence-electron chi connectivity index (χ3n) is 2.05. The van der Waals surface area contributed by atoms with E-state index in [-0.39, 0.29) is 12.4 Å². The Bertz CT molecular complexity index is 395. The summed E-state index contributed by atoms with van der Waals surface area (Å²) >= 11 is 0. The van der Waals surface area contributed by atoms with Gasteiger partial charge in [0.1, 0.15) is 24.4 Å². The van der Waals surface area contributed by atoms with Gasteiger partial charge in [0.15, 0.2) is 5.76 Å². The summed E-state index contributed by atoms with van der Waals surface area (Å²) in [7, 11) is 0. The van der Waals surface area contributed by atoms with Gasteiger partial charge in [-0.15, -0.1) is 0 Å². The lowest BCUT2D eigenvalue weighted by Gasteiger charge is -2.18. The quantitative estimate of drug-likeness (QED) is 0.790. The van der Waals surface area contributed by atoms with Crippen molar-refractivity contribution in [3.05, 3.63) is 42.1 Å². The van der Waals surface area contributed by atoms with Crippen molar-refractivity contribution in [1.29, 1.82) is 0 Å². The van der Waals surface area contributed by atoms with Crippen LogP contribution in [0.15, 0.2) is 36.3 Å². The first-order valence-electron chi connectivity index (χ1n) is 4.99. The number of hydrogen-bond donors (Lipinski definition) is 0. The summed E-state index contributed by atoms with van der Waals surface area (Å²) in [5, 5.41) is 0. The second-order valence-corrected chi connectivity index (χ2v) is 3.95. The van der Waals surface area contributed by atoms with E-state index in [1.807, 2.05) is 13.8 Å². The third-order valence-corrected chi connectivity index (χ3v) is 2.05. The van der Waals surface area contributed by atoms with Crippen molar-refractivity contribution in [2.45, 2.75) is 19.6 Å². The summed E-state index contributed by atoms with van der Waals surface area (Å²) in [4.78, 5) is 0. The van der Waals surface area contributed by atoms with Crippen molar-refractivity contribution in [2.24, 2.45) is 0 Å². The molecule has 4 heteroatoms. The molecule has 86 valence electrons. The molecule has 0 amide bonds. The largest absolute Gasteiger partial charge is 0.486 e. The number of ether oxygens (including phenoxy) is 3. The Hall–Kier alpha value is -1.71. The summed E-state index contributed by atoms with van der Waals surface area (Å²) < 4.78 is 28.7. The molecule has 0 fully saturated rings. The predicted molar refractivity (Wildman–Crippen MR) is 56.2 cm³/mol. The van der Waals surface area contributed by atoms with Crippen LogP contribution in [0.25, 0.3) is 0 Å². The standard InChI is InChI=1S/C12H13FO3/c1-12(2)15-8-11(16-12)7-14-10-5-3-9(13)4-6-10/h3-6,8H,7H2,1-2H3. The summed E-state index contributed by atoms with van der Waals surface area (Å²) in [5.41, 5.74) is 0. The molecule has 1 heterocycles.